The highest BCUT2D eigenvalue weighted by molar-refractivity contribution is 9.11. The van der Waals surface area contributed by atoms with E-state index in [0.29, 0.717) is 9.54 Å². The standard InChI is InChI=1S/C9H9BrClNO4S3/c10-7-5(11)3-6(18-7)19(15,16)12-9(8(13)14)1-2-17-4-9/h3,12H,1-2,4H2,(H,13,14). The maximum Gasteiger partial charge on any atom is 0.325 e. The summed E-state index contributed by atoms with van der Waals surface area (Å²) in [6.07, 6.45) is 0.270. The van der Waals surface area contributed by atoms with Crippen LogP contribution in [-0.4, -0.2) is 36.5 Å². The molecule has 19 heavy (non-hydrogen) atoms. The monoisotopic (exact) mass is 405 g/mol. The van der Waals surface area contributed by atoms with Crippen LogP contribution in [0.3, 0.4) is 0 Å². The van der Waals surface area contributed by atoms with Crippen LogP contribution in [0.5, 0.6) is 0 Å². The predicted octanol–water partition coefficient (Wildman–Crippen LogP) is 2.40. The molecule has 0 bridgehead atoms. The van der Waals surface area contributed by atoms with Crippen LogP contribution in [0.4, 0.5) is 0 Å². The Kier molecular flexibility index (Phi) is 4.54. The lowest BCUT2D eigenvalue weighted by molar-refractivity contribution is -0.142. The minimum atomic E-state index is -3.89. The van der Waals surface area contributed by atoms with Crippen molar-refractivity contribution in [2.24, 2.45) is 0 Å². The Morgan fingerprint density at radius 2 is 2.26 bits per heavy atom. The van der Waals surface area contributed by atoms with Gasteiger partial charge in [0, 0.05) is 5.75 Å². The second kappa shape index (κ2) is 5.53. The van der Waals surface area contributed by atoms with E-state index in [1.54, 1.807) is 0 Å². The molecule has 0 saturated carbocycles. The molecule has 0 amide bonds. The van der Waals surface area contributed by atoms with Gasteiger partial charge in [0.15, 0.2) is 0 Å². The molecule has 1 aromatic heterocycles. The first-order valence-corrected chi connectivity index (χ1v) is 9.69. The molecule has 2 N–H and O–H groups in total. The van der Waals surface area contributed by atoms with Crippen molar-refractivity contribution in [2.75, 3.05) is 11.5 Å². The Hall–Kier alpha value is 0.200. The van der Waals surface area contributed by atoms with Crippen LogP contribution in [0.15, 0.2) is 14.1 Å². The number of nitrogens with one attached hydrogen (secondary N) is 1. The third-order valence-electron chi connectivity index (χ3n) is 2.65. The van der Waals surface area contributed by atoms with E-state index in [0.717, 1.165) is 11.3 Å². The molecule has 1 unspecified atom stereocenters. The zero-order valence-electron chi connectivity index (χ0n) is 9.35. The van der Waals surface area contributed by atoms with Crippen LogP contribution in [0.2, 0.25) is 5.02 Å². The van der Waals surface area contributed by atoms with Crippen molar-refractivity contribution < 1.29 is 18.3 Å². The lowest BCUT2D eigenvalue weighted by Gasteiger charge is -2.23. The number of aliphatic carboxylic acids is 1. The molecule has 0 radical (unpaired) electrons. The van der Waals surface area contributed by atoms with Gasteiger partial charge in [-0.3, -0.25) is 4.79 Å². The van der Waals surface area contributed by atoms with Gasteiger partial charge in [-0.25, -0.2) is 8.42 Å². The quantitative estimate of drug-likeness (QED) is 0.802. The van der Waals surface area contributed by atoms with Crippen LogP contribution in [0.1, 0.15) is 6.42 Å². The lowest BCUT2D eigenvalue weighted by Crippen LogP contribution is -2.54. The Labute approximate surface area is 131 Å². The molecule has 10 heteroatoms. The molecule has 106 valence electrons. The smallest absolute Gasteiger partial charge is 0.325 e. The molecule has 1 aliphatic rings. The van der Waals surface area contributed by atoms with Crippen molar-refractivity contribution in [3.8, 4) is 0 Å². The molecule has 1 atom stereocenters. The van der Waals surface area contributed by atoms with Gasteiger partial charge < -0.3 is 5.11 Å². The van der Waals surface area contributed by atoms with Crippen LogP contribution in [0.25, 0.3) is 0 Å². The number of hydrogen-bond donors (Lipinski definition) is 2. The van der Waals surface area contributed by atoms with E-state index >= 15 is 0 Å². The summed E-state index contributed by atoms with van der Waals surface area (Å²) >= 11 is 11.3. The number of thioether (sulfide) groups is 1. The minimum Gasteiger partial charge on any atom is -0.480 e. The fourth-order valence-electron chi connectivity index (χ4n) is 1.62. The highest BCUT2D eigenvalue weighted by atomic mass is 79.9. The van der Waals surface area contributed by atoms with E-state index in [1.165, 1.54) is 17.8 Å². The number of sulfonamides is 1. The third-order valence-corrected chi connectivity index (χ3v) is 8.32. The molecule has 2 rings (SSSR count). The van der Waals surface area contributed by atoms with Gasteiger partial charge in [-0.2, -0.15) is 16.5 Å². The first-order chi connectivity index (χ1) is 8.77. The summed E-state index contributed by atoms with van der Waals surface area (Å²) in [6, 6.07) is 1.30. The van der Waals surface area contributed by atoms with Crippen LogP contribution in [0, 0.1) is 0 Å². The molecule has 1 aliphatic heterocycles. The number of rotatable bonds is 4. The van der Waals surface area contributed by atoms with Gasteiger partial charge in [-0.05, 0) is 34.2 Å². The summed E-state index contributed by atoms with van der Waals surface area (Å²) in [5.41, 5.74) is -1.42. The largest absolute Gasteiger partial charge is 0.480 e. The molecule has 1 fully saturated rings. The van der Waals surface area contributed by atoms with Crippen LogP contribution < -0.4 is 4.72 Å². The van der Waals surface area contributed by atoms with E-state index < -0.39 is 21.5 Å². The summed E-state index contributed by atoms with van der Waals surface area (Å²) in [5.74, 6) is -0.311. The lowest BCUT2D eigenvalue weighted by atomic mass is 10.0. The average molecular weight is 407 g/mol. The normalized spacial score (nSPS) is 23.7. The molecule has 1 aromatic rings. The Morgan fingerprint density at radius 3 is 2.68 bits per heavy atom. The van der Waals surface area contributed by atoms with Gasteiger partial charge in [0.1, 0.15) is 9.75 Å². The van der Waals surface area contributed by atoms with Gasteiger partial charge in [-0.1, -0.05) is 11.6 Å². The Bertz CT molecular complexity index is 589. The van der Waals surface area contributed by atoms with Crippen molar-refractivity contribution >= 4 is 66.6 Å². The van der Waals surface area contributed by atoms with Gasteiger partial charge in [0.25, 0.3) is 10.0 Å². The van der Waals surface area contributed by atoms with Crippen LogP contribution >= 0.6 is 50.6 Å². The van der Waals surface area contributed by atoms with Gasteiger partial charge >= 0.3 is 5.97 Å². The molecule has 0 aliphatic carbocycles. The molecule has 0 aromatic carbocycles. The maximum atomic E-state index is 12.2. The number of hydrogen-bond acceptors (Lipinski definition) is 5. The van der Waals surface area contributed by atoms with Crippen molar-refractivity contribution in [2.45, 2.75) is 16.2 Å². The highest BCUT2D eigenvalue weighted by Crippen LogP contribution is 2.36. The summed E-state index contributed by atoms with van der Waals surface area (Å²) in [4.78, 5) is 11.3. The van der Waals surface area contributed by atoms with Gasteiger partial charge in [0.2, 0.25) is 0 Å². The topological polar surface area (TPSA) is 83.5 Å². The Balaban J connectivity index is 2.33. The SMILES string of the molecule is O=C(O)C1(NS(=O)(=O)c2cc(Cl)c(Br)s2)CCSC1. The van der Waals surface area contributed by atoms with Gasteiger partial charge in [0.05, 0.1) is 8.81 Å². The van der Waals surface area contributed by atoms with Gasteiger partial charge in [-0.15, -0.1) is 11.3 Å². The minimum absolute atomic E-state index is 0.00176. The zero-order valence-corrected chi connectivity index (χ0v) is 14.1. The van der Waals surface area contributed by atoms with E-state index in [1.807, 2.05) is 0 Å². The first kappa shape index (κ1) is 15.6. The van der Waals surface area contributed by atoms with E-state index in [-0.39, 0.29) is 21.4 Å². The fraction of sp³-hybridized carbons (Fsp3) is 0.444. The second-order valence-corrected chi connectivity index (χ2v) is 9.77. The highest BCUT2D eigenvalue weighted by Gasteiger charge is 2.45. The van der Waals surface area contributed by atoms with Crippen molar-refractivity contribution in [3.05, 3.63) is 14.9 Å². The number of thiophene rings is 1. The molecule has 1 saturated heterocycles. The molecule has 5 nitrogen and oxygen atoms in total. The van der Waals surface area contributed by atoms with Crippen molar-refractivity contribution in [1.82, 2.24) is 4.72 Å². The average Bonchev–Trinajstić information content (AvgIpc) is 2.88. The number of carbonyl (C=O) groups is 1. The number of halogens is 2. The zero-order chi connectivity index (χ0) is 14.3. The predicted molar refractivity (Wildman–Crippen MR) is 79.7 cm³/mol. The van der Waals surface area contributed by atoms with Crippen molar-refractivity contribution in [1.29, 1.82) is 0 Å². The fourth-order valence-corrected chi connectivity index (χ4v) is 6.83. The van der Waals surface area contributed by atoms with Crippen molar-refractivity contribution in [3.63, 3.8) is 0 Å². The summed E-state index contributed by atoms with van der Waals surface area (Å²) in [7, 11) is -3.89. The van der Waals surface area contributed by atoms with E-state index in [2.05, 4.69) is 20.7 Å². The summed E-state index contributed by atoms with van der Waals surface area (Å²) in [6.45, 7) is 0. The van der Waals surface area contributed by atoms with Crippen LogP contribution in [-0.2, 0) is 14.8 Å². The first-order valence-electron chi connectivity index (χ1n) is 5.07. The Morgan fingerprint density at radius 1 is 1.58 bits per heavy atom. The molecule has 2 heterocycles. The molecular formula is C9H9BrClNO4S3. The summed E-state index contributed by atoms with van der Waals surface area (Å²) < 4.78 is 27.2. The van der Waals surface area contributed by atoms with E-state index in [4.69, 9.17) is 11.6 Å². The second-order valence-electron chi connectivity index (χ2n) is 3.98. The molecule has 0 spiro atoms. The third kappa shape index (κ3) is 3.11. The number of carboxylic acid groups (broad SMARTS) is 1. The number of carboxylic acids is 1. The molecular weight excluding hydrogens is 398 g/mol. The maximum absolute atomic E-state index is 12.2. The van der Waals surface area contributed by atoms with E-state index in [9.17, 15) is 18.3 Å². The summed E-state index contributed by atoms with van der Waals surface area (Å²) in [5, 5.41) is 9.55.